The molecule has 2 aromatic rings. The minimum Gasteiger partial charge on any atom is -0.463 e. The second-order valence-electron chi connectivity index (χ2n) is 4.64. The van der Waals surface area contributed by atoms with Crippen LogP contribution in [0.2, 0.25) is 0 Å². The van der Waals surface area contributed by atoms with Crippen molar-refractivity contribution in [3.63, 3.8) is 0 Å². The number of amides is 1. The van der Waals surface area contributed by atoms with E-state index < -0.39 is 5.54 Å². The third-order valence-corrected chi connectivity index (χ3v) is 2.44. The van der Waals surface area contributed by atoms with Gasteiger partial charge in [0.25, 0.3) is 5.91 Å². The second-order valence-corrected chi connectivity index (χ2v) is 4.64. The number of rotatable bonds is 4. The van der Waals surface area contributed by atoms with Crippen molar-refractivity contribution >= 4 is 5.91 Å². The summed E-state index contributed by atoms with van der Waals surface area (Å²) in [5, 5.41) is 18.4. The van der Waals surface area contributed by atoms with Crippen molar-refractivity contribution < 1.29 is 14.3 Å². The molecule has 2 heterocycles. The van der Waals surface area contributed by atoms with Crippen LogP contribution in [-0.4, -0.2) is 33.4 Å². The summed E-state index contributed by atoms with van der Waals surface area (Å²) in [6.45, 7) is 3.31. The predicted molar refractivity (Wildman–Crippen MR) is 64.9 cm³/mol. The number of furan rings is 1. The normalized spacial score (nSPS) is 11.5. The Hall–Kier alpha value is -2.08. The fourth-order valence-corrected chi connectivity index (χ4v) is 1.41. The number of H-pyrrole nitrogens is 1. The summed E-state index contributed by atoms with van der Waals surface area (Å²) in [5.41, 5.74) is 0.204. The van der Waals surface area contributed by atoms with Crippen molar-refractivity contribution in [3.05, 3.63) is 30.2 Å². The lowest BCUT2D eigenvalue weighted by Crippen LogP contribution is -2.46. The Balaban J connectivity index is 2.13. The molecule has 1 amide bonds. The quantitative estimate of drug-likeness (QED) is 0.758. The molecule has 0 spiro atoms. The van der Waals surface area contributed by atoms with Crippen LogP contribution in [0.5, 0.6) is 0 Å². The van der Waals surface area contributed by atoms with E-state index in [9.17, 15) is 4.79 Å². The summed E-state index contributed by atoms with van der Waals surface area (Å²) in [6, 6.07) is 5.12. The van der Waals surface area contributed by atoms with Crippen LogP contribution in [0.25, 0.3) is 11.5 Å². The highest BCUT2D eigenvalue weighted by atomic mass is 16.3. The van der Waals surface area contributed by atoms with Gasteiger partial charge in [-0.2, -0.15) is 5.10 Å². The van der Waals surface area contributed by atoms with Gasteiger partial charge in [-0.15, -0.1) is 0 Å². The van der Waals surface area contributed by atoms with Crippen LogP contribution in [-0.2, 0) is 0 Å². The number of hydrogen-bond donors (Lipinski definition) is 3. The number of aliphatic hydroxyl groups excluding tert-OH is 1. The number of aromatic amines is 1. The highest BCUT2D eigenvalue weighted by Gasteiger charge is 2.21. The number of aromatic nitrogens is 2. The Morgan fingerprint density at radius 3 is 3.00 bits per heavy atom. The molecule has 0 aliphatic rings. The third-order valence-electron chi connectivity index (χ3n) is 2.44. The number of aliphatic hydroxyl groups is 1. The highest BCUT2D eigenvalue weighted by molar-refractivity contribution is 5.93. The fourth-order valence-electron chi connectivity index (χ4n) is 1.41. The van der Waals surface area contributed by atoms with Gasteiger partial charge in [0.15, 0.2) is 11.5 Å². The Morgan fingerprint density at radius 1 is 1.61 bits per heavy atom. The topological polar surface area (TPSA) is 91.1 Å². The van der Waals surface area contributed by atoms with E-state index in [0.29, 0.717) is 11.5 Å². The van der Waals surface area contributed by atoms with Gasteiger partial charge >= 0.3 is 0 Å². The van der Waals surface area contributed by atoms with Crippen LogP contribution in [0.1, 0.15) is 24.3 Å². The SMILES string of the molecule is CC(C)(CO)NC(=O)c1cc(-c2ccco2)[nH]n1. The first kappa shape index (κ1) is 12.4. The van der Waals surface area contributed by atoms with E-state index in [4.69, 9.17) is 9.52 Å². The minimum atomic E-state index is -0.680. The largest absolute Gasteiger partial charge is 0.463 e. The molecule has 0 fully saturated rings. The van der Waals surface area contributed by atoms with E-state index in [0.717, 1.165) is 0 Å². The summed E-state index contributed by atoms with van der Waals surface area (Å²) >= 11 is 0. The number of carbonyl (C=O) groups excluding carboxylic acids is 1. The maximum Gasteiger partial charge on any atom is 0.272 e. The zero-order valence-corrected chi connectivity index (χ0v) is 10.2. The maximum absolute atomic E-state index is 11.9. The molecule has 0 bridgehead atoms. The van der Waals surface area contributed by atoms with Crippen LogP contribution in [0.4, 0.5) is 0 Å². The number of carbonyl (C=O) groups is 1. The molecule has 0 atom stereocenters. The zero-order chi connectivity index (χ0) is 13.2. The zero-order valence-electron chi connectivity index (χ0n) is 10.2. The van der Waals surface area contributed by atoms with Gasteiger partial charge in [0.1, 0.15) is 5.69 Å². The Labute approximate surface area is 104 Å². The molecular formula is C12H15N3O3. The lowest BCUT2D eigenvalue weighted by molar-refractivity contribution is 0.0864. The van der Waals surface area contributed by atoms with Crippen molar-refractivity contribution in [2.45, 2.75) is 19.4 Å². The van der Waals surface area contributed by atoms with E-state index in [1.165, 1.54) is 0 Å². The summed E-state index contributed by atoms with van der Waals surface area (Å²) in [5.74, 6) is 0.270. The molecule has 96 valence electrons. The van der Waals surface area contributed by atoms with Gasteiger partial charge < -0.3 is 14.8 Å². The lowest BCUT2D eigenvalue weighted by atomic mass is 10.1. The molecule has 0 unspecified atom stereocenters. The molecule has 0 saturated carbocycles. The molecule has 2 aromatic heterocycles. The first-order valence-electron chi connectivity index (χ1n) is 5.54. The Bertz CT molecular complexity index is 529. The first-order valence-corrected chi connectivity index (χ1v) is 5.54. The van der Waals surface area contributed by atoms with E-state index in [1.54, 1.807) is 38.3 Å². The highest BCUT2D eigenvalue weighted by Crippen LogP contribution is 2.17. The van der Waals surface area contributed by atoms with E-state index >= 15 is 0 Å². The molecule has 0 aliphatic heterocycles. The molecule has 3 N–H and O–H groups in total. The molecule has 6 nitrogen and oxygen atoms in total. The van der Waals surface area contributed by atoms with Crippen molar-refractivity contribution in [2.24, 2.45) is 0 Å². The van der Waals surface area contributed by atoms with Gasteiger partial charge in [-0.25, -0.2) is 0 Å². The van der Waals surface area contributed by atoms with Gasteiger partial charge in [-0.05, 0) is 26.0 Å². The summed E-state index contributed by atoms with van der Waals surface area (Å²) in [6.07, 6.45) is 1.55. The van der Waals surface area contributed by atoms with E-state index in [-0.39, 0.29) is 18.2 Å². The van der Waals surface area contributed by atoms with Gasteiger partial charge in [0.2, 0.25) is 0 Å². The monoisotopic (exact) mass is 249 g/mol. The standard InChI is InChI=1S/C12H15N3O3/c1-12(2,7-16)13-11(17)9-6-8(14-15-9)10-4-3-5-18-10/h3-6,16H,7H2,1-2H3,(H,13,17)(H,14,15). The molecule has 0 saturated heterocycles. The molecule has 6 heteroatoms. The number of nitrogens with zero attached hydrogens (tertiary/aromatic N) is 1. The molecule has 0 aliphatic carbocycles. The van der Waals surface area contributed by atoms with Crippen molar-refractivity contribution in [1.29, 1.82) is 0 Å². The van der Waals surface area contributed by atoms with Crippen LogP contribution in [0.15, 0.2) is 28.9 Å². The molecule has 0 radical (unpaired) electrons. The van der Waals surface area contributed by atoms with Crippen molar-refractivity contribution in [1.82, 2.24) is 15.5 Å². The average molecular weight is 249 g/mol. The van der Waals surface area contributed by atoms with Crippen LogP contribution in [0.3, 0.4) is 0 Å². The summed E-state index contributed by atoms with van der Waals surface area (Å²) < 4.78 is 5.19. The van der Waals surface area contributed by atoms with Crippen LogP contribution < -0.4 is 5.32 Å². The summed E-state index contributed by atoms with van der Waals surface area (Å²) in [7, 11) is 0. The van der Waals surface area contributed by atoms with Gasteiger partial charge in [0, 0.05) is 6.07 Å². The van der Waals surface area contributed by atoms with Crippen LogP contribution >= 0.6 is 0 Å². The Kier molecular flexibility index (Phi) is 3.20. The van der Waals surface area contributed by atoms with Crippen molar-refractivity contribution in [3.8, 4) is 11.5 Å². The average Bonchev–Trinajstić information content (AvgIpc) is 2.99. The second kappa shape index (κ2) is 4.66. The first-order chi connectivity index (χ1) is 8.52. The molecule has 18 heavy (non-hydrogen) atoms. The molecule has 0 aromatic carbocycles. The minimum absolute atomic E-state index is 0.145. The predicted octanol–water partition coefficient (Wildman–Crippen LogP) is 1.17. The van der Waals surface area contributed by atoms with Gasteiger partial charge in [-0.1, -0.05) is 0 Å². The smallest absolute Gasteiger partial charge is 0.272 e. The van der Waals surface area contributed by atoms with E-state index in [1.807, 2.05) is 0 Å². The third kappa shape index (κ3) is 2.60. The Morgan fingerprint density at radius 2 is 2.39 bits per heavy atom. The van der Waals surface area contributed by atoms with Crippen molar-refractivity contribution in [2.75, 3.05) is 6.61 Å². The number of nitrogens with one attached hydrogen (secondary N) is 2. The van der Waals surface area contributed by atoms with Gasteiger partial charge in [-0.3, -0.25) is 9.89 Å². The fraction of sp³-hybridized carbons (Fsp3) is 0.333. The molecular weight excluding hydrogens is 234 g/mol. The maximum atomic E-state index is 11.9. The number of hydrogen-bond acceptors (Lipinski definition) is 4. The molecule has 2 rings (SSSR count). The van der Waals surface area contributed by atoms with E-state index in [2.05, 4.69) is 15.5 Å². The lowest BCUT2D eigenvalue weighted by Gasteiger charge is -2.22. The van der Waals surface area contributed by atoms with Gasteiger partial charge in [0.05, 0.1) is 18.4 Å². The summed E-state index contributed by atoms with van der Waals surface area (Å²) in [4.78, 5) is 11.9. The van der Waals surface area contributed by atoms with Crippen LogP contribution in [0, 0.1) is 0 Å².